The van der Waals surface area contributed by atoms with Crippen LogP contribution in [0.25, 0.3) is 0 Å². The Labute approximate surface area is 81.4 Å². The second-order valence-corrected chi connectivity index (χ2v) is 3.34. The molecule has 1 fully saturated rings. The van der Waals surface area contributed by atoms with Crippen LogP contribution in [-0.4, -0.2) is 27.2 Å². The SMILES string of the molecule is N#Cc1ccnc(NC2CC(O)C2)n1. The quantitative estimate of drug-likeness (QED) is 0.700. The minimum absolute atomic E-state index is 0.202. The van der Waals surface area contributed by atoms with E-state index in [-0.39, 0.29) is 12.1 Å². The molecule has 5 nitrogen and oxygen atoms in total. The van der Waals surface area contributed by atoms with Gasteiger partial charge in [-0.05, 0) is 18.9 Å². The maximum absolute atomic E-state index is 9.06. The summed E-state index contributed by atoms with van der Waals surface area (Å²) in [6.45, 7) is 0. The van der Waals surface area contributed by atoms with E-state index in [9.17, 15) is 0 Å². The predicted octanol–water partition coefficient (Wildman–Crippen LogP) is 0.283. The summed E-state index contributed by atoms with van der Waals surface area (Å²) in [5, 5.41) is 20.7. The van der Waals surface area contributed by atoms with E-state index in [2.05, 4.69) is 15.3 Å². The Bertz CT molecular complexity index is 367. The van der Waals surface area contributed by atoms with Crippen LogP contribution >= 0.6 is 0 Å². The Balaban J connectivity index is 2.00. The molecule has 1 heterocycles. The van der Waals surface area contributed by atoms with Gasteiger partial charge in [0, 0.05) is 12.2 Å². The lowest BCUT2D eigenvalue weighted by Crippen LogP contribution is -2.39. The molecular formula is C9H10N4O. The van der Waals surface area contributed by atoms with Crippen LogP contribution in [0.5, 0.6) is 0 Å². The molecule has 5 heteroatoms. The number of nitrogens with one attached hydrogen (secondary N) is 1. The summed E-state index contributed by atoms with van der Waals surface area (Å²) in [5.41, 5.74) is 0.349. The molecule has 0 aliphatic heterocycles. The molecule has 0 spiro atoms. The van der Waals surface area contributed by atoms with Crippen LogP contribution in [-0.2, 0) is 0 Å². The normalized spacial score (nSPS) is 24.9. The molecule has 72 valence electrons. The zero-order valence-electron chi connectivity index (χ0n) is 7.51. The summed E-state index contributed by atoms with van der Waals surface area (Å²) < 4.78 is 0. The lowest BCUT2D eigenvalue weighted by molar-refractivity contribution is 0.0834. The van der Waals surface area contributed by atoms with Gasteiger partial charge in [0.15, 0.2) is 0 Å². The fourth-order valence-electron chi connectivity index (χ4n) is 1.38. The van der Waals surface area contributed by atoms with Crippen molar-refractivity contribution in [1.29, 1.82) is 5.26 Å². The topological polar surface area (TPSA) is 81.8 Å². The molecule has 2 rings (SSSR count). The predicted molar refractivity (Wildman–Crippen MR) is 49.4 cm³/mol. The average molecular weight is 190 g/mol. The van der Waals surface area contributed by atoms with E-state index in [1.54, 1.807) is 12.3 Å². The Morgan fingerprint density at radius 3 is 3.00 bits per heavy atom. The maximum Gasteiger partial charge on any atom is 0.224 e. The number of aromatic nitrogens is 2. The number of hydrogen-bond acceptors (Lipinski definition) is 5. The first-order chi connectivity index (χ1) is 6.78. The third-order valence-corrected chi connectivity index (χ3v) is 2.22. The van der Waals surface area contributed by atoms with Crippen LogP contribution in [0.3, 0.4) is 0 Å². The average Bonchev–Trinajstić information content (AvgIpc) is 2.16. The van der Waals surface area contributed by atoms with Crippen molar-refractivity contribution in [3.63, 3.8) is 0 Å². The first-order valence-electron chi connectivity index (χ1n) is 4.45. The number of aliphatic hydroxyl groups is 1. The van der Waals surface area contributed by atoms with E-state index >= 15 is 0 Å². The summed E-state index contributed by atoms with van der Waals surface area (Å²) in [7, 11) is 0. The van der Waals surface area contributed by atoms with Crippen molar-refractivity contribution in [3.05, 3.63) is 18.0 Å². The molecular weight excluding hydrogens is 180 g/mol. The third kappa shape index (κ3) is 1.80. The molecule has 0 aromatic carbocycles. The maximum atomic E-state index is 9.06. The van der Waals surface area contributed by atoms with Crippen LogP contribution < -0.4 is 5.32 Å². The summed E-state index contributed by atoms with van der Waals surface area (Å²) in [5.74, 6) is 0.459. The highest BCUT2D eigenvalue weighted by molar-refractivity contribution is 5.31. The van der Waals surface area contributed by atoms with Crippen molar-refractivity contribution in [3.8, 4) is 6.07 Å². The lowest BCUT2D eigenvalue weighted by Gasteiger charge is -2.31. The highest BCUT2D eigenvalue weighted by atomic mass is 16.3. The molecule has 1 aromatic heterocycles. The molecule has 0 amide bonds. The first-order valence-corrected chi connectivity index (χ1v) is 4.45. The summed E-state index contributed by atoms with van der Waals surface area (Å²) in [4.78, 5) is 7.95. The first kappa shape index (κ1) is 8.91. The van der Waals surface area contributed by atoms with Gasteiger partial charge < -0.3 is 10.4 Å². The van der Waals surface area contributed by atoms with E-state index < -0.39 is 0 Å². The van der Waals surface area contributed by atoms with E-state index in [1.165, 1.54) is 0 Å². The van der Waals surface area contributed by atoms with Gasteiger partial charge in [-0.25, -0.2) is 9.97 Å². The number of anilines is 1. The minimum atomic E-state index is -0.202. The molecule has 2 N–H and O–H groups in total. The van der Waals surface area contributed by atoms with Gasteiger partial charge in [-0.3, -0.25) is 0 Å². The molecule has 1 aliphatic carbocycles. The molecule has 0 bridgehead atoms. The van der Waals surface area contributed by atoms with Crippen molar-refractivity contribution >= 4 is 5.95 Å². The van der Waals surface area contributed by atoms with Crippen molar-refractivity contribution in [1.82, 2.24) is 9.97 Å². The van der Waals surface area contributed by atoms with E-state index in [1.807, 2.05) is 6.07 Å². The largest absolute Gasteiger partial charge is 0.393 e. The van der Waals surface area contributed by atoms with Gasteiger partial charge in [-0.2, -0.15) is 5.26 Å². The molecule has 1 aromatic rings. The Morgan fingerprint density at radius 2 is 2.36 bits per heavy atom. The van der Waals surface area contributed by atoms with Crippen LogP contribution in [0.1, 0.15) is 18.5 Å². The van der Waals surface area contributed by atoms with Crippen LogP contribution in [0.2, 0.25) is 0 Å². The molecule has 0 atom stereocenters. The van der Waals surface area contributed by atoms with Crippen LogP contribution in [0.4, 0.5) is 5.95 Å². The van der Waals surface area contributed by atoms with Crippen LogP contribution in [0, 0.1) is 11.3 Å². The Hall–Kier alpha value is -1.67. The molecule has 0 saturated heterocycles. The fraction of sp³-hybridized carbons (Fsp3) is 0.444. The highest BCUT2D eigenvalue weighted by Gasteiger charge is 2.27. The summed E-state index contributed by atoms with van der Waals surface area (Å²) in [6.07, 6.45) is 2.79. The zero-order valence-corrected chi connectivity index (χ0v) is 7.51. The molecule has 0 unspecified atom stereocenters. The van der Waals surface area contributed by atoms with Crippen molar-refractivity contribution in [2.24, 2.45) is 0 Å². The van der Waals surface area contributed by atoms with Crippen molar-refractivity contribution in [2.45, 2.75) is 25.0 Å². The van der Waals surface area contributed by atoms with E-state index in [0.29, 0.717) is 11.6 Å². The van der Waals surface area contributed by atoms with E-state index in [4.69, 9.17) is 10.4 Å². The number of nitriles is 1. The lowest BCUT2D eigenvalue weighted by atomic mass is 9.90. The number of rotatable bonds is 2. The number of nitrogens with zero attached hydrogens (tertiary/aromatic N) is 3. The second kappa shape index (κ2) is 3.60. The second-order valence-electron chi connectivity index (χ2n) is 3.34. The zero-order chi connectivity index (χ0) is 9.97. The van der Waals surface area contributed by atoms with Crippen LogP contribution in [0.15, 0.2) is 12.3 Å². The van der Waals surface area contributed by atoms with Gasteiger partial charge in [0.25, 0.3) is 0 Å². The monoisotopic (exact) mass is 190 g/mol. The van der Waals surface area contributed by atoms with Gasteiger partial charge in [-0.1, -0.05) is 0 Å². The highest BCUT2D eigenvalue weighted by Crippen LogP contribution is 2.22. The van der Waals surface area contributed by atoms with Crippen molar-refractivity contribution < 1.29 is 5.11 Å². The van der Waals surface area contributed by atoms with Gasteiger partial charge in [0.05, 0.1) is 6.10 Å². The minimum Gasteiger partial charge on any atom is -0.393 e. The number of aliphatic hydroxyl groups excluding tert-OH is 1. The van der Waals surface area contributed by atoms with Gasteiger partial charge in [0.1, 0.15) is 11.8 Å². The third-order valence-electron chi connectivity index (χ3n) is 2.22. The van der Waals surface area contributed by atoms with Gasteiger partial charge >= 0.3 is 0 Å². The van der Waals surface area contributed by atoms with E-state index in [0.717, 1.165) is 12.8 Å². The summed E-state index contributed by atoms with van der Waals surface area (Å²) in [6, 6.07) is 3.74. The summed E-state index contributed by atoms with van der Waals surface area (Å²) >= 11 is 0. The smallest absolute Gasteiger partial charge is 0.224 e. The van der Waals surface area contributed by atoms with Gasteiger partial charge in [-0.15, -0.1) is 0 Å². The Morgan fingerprint density at radius 1 is 1.57 bits per heavy atom. The number of hydrogen-bond donors (Lipinski definition) is 2. The fourth-order valence-corrected chi connectivity index (χ4v) is 1.38. The Kier molecular flexibility index (Phi) is 2.29. The molecule has 0 radical (unpaired) electrons. The van der Waals surface area contributed by atoms with Crippen molar-refractivity contribution in [2.75, 3.05) is 5.32 Å². The van der Waals surface area contributed by atoms with Gasteiger partial charge in [0.2, 0.25) is 5.95 Å². The standard InChI is InChI=1S/C9H10N4O/c10-5-6-1-2-11-9(12-6)13-7-3-8(14)4-7/h1-2,7-8,14H,3-4H2,(H,11,12,13). The molecule has 1 saturated carbocycles. The molecule has 1 aliphatic rings. The molecule has 14 heavy (non-hydrogen) atoms.